The first-order valence-electron chi connectivity index (χ1n) is 10.2. The van der Waals surface area contributed by atoms with Gasteiger partial charge in [0.15, 0.2) is 0 Å². The van der Waals surface area contributed by atoms with Gasteiger partial charge >= 0.3 is 0 Å². The number of imidazole rings is 1. The Morgan fingerprint density at radius 1 is 1.26 bits per heavy atom. The van der Waals surface area contributed by atoms with Crippen LogP contribution >= 0.6 is 0 Å². The van der Waals surface area contributed by atoms with Crippen LogP contribution < -0.4 is 10.1 Å². The van der Waals surface area contributed by atoms with E-state index in [1.807, 2.05) is 29.2 Å². The van der Waals surface area contributed by atoms with Crippen molar-refractivity contribution < 1.29 is 14.3 Å². The van der Waals surface area contributed by atoms with Crippen LogP contribution in [-0.2, 0) is 7.05 Å². The van der Waals surface area contributed by atoms with Gasteiger partial charge in [0, 0.05) is 44.9 Å². The summed E-state index contributed by atoms with van der Waals surface area (Å²) in [5.41, 5.74) is 2.40. The average Bonchev–Trinajstić information content (AvgIpc) is 3.45. The second kappa shape index (κ2) is 8.63. The van der Waals surface area contributed by atoms with Crippen LogP contribution in [-0.4, -0.2) is 63.7 Å². The van der Waals surface area contributed by atoms with E-state index in [0.29, 0.717) is 35.9 Å². The SMILES string of the molecule is CNC(=O)c1[nH]c(C2CCCN(C(=O)c3cnn(C)c3)C2)nc1-c1ccc(OC)cc1. The van der Waals surface area contributed by atoms with E-state index in [4.69, 9.17) is 9.72 Å². The number of amides is 2. The summed E-state index contributed by atoms with van der Waals surface area (Å²) in [6.07, 6.45) is 5.07. The van der Waals surface area contributed by atoms with Crippen molar-refractivity contribution >= 4 is 11.8 Å². The number of carbonyl (C=O) groups excluding carboxylic acids is 2. The number of benzene rings is 1. The van der Waals surface area contributed by atoms with Gasteiger partial charge in [-0.2, -0.15) is 5.10 Å². The van der Waals surface area contributed by atoms with Crippen LogP contribution in [0.25, 0.3) is 11.3 Å². The Hall–Kier alpha value is -3.62. The number of hydrogen-bond acceptors (Lipinski definition) is 5. The second-order valence-corrected chi connectivity index (χ2v) is 7.65. The van der Waals surface area contributed by atoms with Crippen molar-refractivity contribution in [3.8, 4) is 17.0 Å². The molecular weight excluding hydrogens is 396 g/mol. The van der Waals surface area contributed by atoms with Gasteiger partial charge in [-0.25, -0.2) is 4.98 Å². The molecule has 2 aromatic heterocycles. The summed E-state index contributed by atoms with van der Waals surface area (Å²) >= 11 is 0. The first-order valence-corrected chi connectivity index (χ1v) is 10.2. The highest BCUT2D eigenvalue weighted by Crippen LogP contribution is 2.30. The van der Waals surface area contributed by atoms with E-state index >= 15 is 0 Å². The normalized spacial score (nSPS) is 16.2. The van der Waals surface area contributed by atoms with Crippen LogP contribution in [0, 0.1) is 0 Å². The molecule has 0 bridgehead atoms. The predicted octanol–water partition coefficient (Wildman–Crippen LogP) is 2.20. The zero-order valence-corrected chi connectivity index (χ0v) is 17.9. The number of nitrogens with one attached hydrogen (secondary N) is 2. The number of hydrogen-bond donors (Lipinski definition) is 2. The number of aromatic nitrogens is 4. The molecule has 4 rings (SSSR count). The van der Waals surface area contributed by atoms with Gasteiger partial charge < -0.3 is 19.9 Å². The van der Waals surface area contributed by atoms with Crippen molar-refractivity contribution in [1.82, 2.24) is 30.0 Å². The van der Waals surface area contributed by atoms with E-state index in [-0.39, 0.29) is 17.7 Å². The summed E-state index contributed by atoms with van der Waals surface area (Å²) in [4.78, 5) is 35.2. The smallest absolute Gasteiger partial charge is 0.269 e. The number of carbonyl (C=O) groups is 2. The number of aryl methyl sites for hydroxylation is 1. The van der Waals surface area contributed by atoms with Crippen LogP contribution in [0.15, 0.2) is 36.7 Å². The maximum absolute atomic E-state index is 12.9. The summed E-state index contributed by atoms with van der Waals surface area (Å²) in [7, 11) is 4.99. The predicted molar refractivity (Wildman–Crippen MR) is 115 cm³/mol. The first kappa shape index (κ1) is 20.6. The third kappa shape index (κ3) is 4.16. The molecule has 162 valence electrons. The molecule has 1 aliphatic heterocycles. The Morgan fingerprint density at radius 3 is 2.68 bits per heavy atom. The third-order valence-electron chi connectivity index (χ3n) is 5.59. The highest BCUT2D eigenvalue weighted by molar-refractivity contribution is 5.98. The summed E-state index contributed by atoms with van der Waals surface area (Å²) < 4.78 is 6.85. The number of likely N-dealkylation sites (tertiary alicyclic amines) is 1. The number of aromatic amines is 1. The average molecular weight is 422 g/mol. The number of piperidine rings is 1. The molecule has 0 saturated carbocycles. The molecule has 1 saturated heterocycles. The van der Waals surface area contributed by atoms with Crippen LogP contribution in [0.5, 0.6) is 5.75 Å². The lowest BCUT2D eigenvalue weighted by Gasteiger charge is -2.31. The fourth-order valence-electron chi connectivity index (χ4n) is 3.93. The Labute approximate surface area is 180 Å². The van der Waals surface area contributed by atoms with E-state index in [0.717, 1.165) is 24.2 Å². The lowest BCUT2D eigenvalue weighted by atomic mass is 9.97. The Kier molecular flexibility index (Phi) is 5.75. The zero-order chi connectivity index (χ0) is 22.0. The molecule has 0 aliphatic carbocycles. The van der Waals surface area contributed by atoms with E-state index in [1.54, 1.807) is 38.3 Å². The molecule has 1 unspecified atom stereocenters. The van der Waals surface area contributed by atoms with Gasteiger partial charge in [-0.05, 0) is 37.1 Å². The highest BCUT2D eigenvalue weighted by atomic mass is 16.5. The molecule has 0 radical (unpaired) electrons. The van der Waals surface area contributed by atoms with Gasteiger partial charge in [-0.3, -0.25) is 14.3 Å². The Morgan fingerprint density at radius 2 is 2.03 bits per heavy atom. The lowest BCUT2D eigenvalue weighted by Crippen LogP contribution is -2.39. The van der Waals surface area contributed by atoms with E-state index in [9.17, 15) is 9.59 Å². The highest BCUT2D eigenvalue weighted by Gasteiger charge is 2.29. The molecule has 2 N–H and O–H groups in total. The fourth-order valence-corrected chi connectivity index (χ4v) is 3.93. The van der Waals surface area contributed by atoms with Crippen molar-refractivity contribution in [3.05, 3.63) is 53.7 Å². The molecule has 0 spiro atoms. The quantitative estimate of drug-likeness (QED) is 0.656. The molecule has 31 heavy (non-hydrogen) atoms. The number of rotatable bonds is 5. The van der Waals surface area contributed by atoms with Crippen molar-refractivity contribution in [3.63, 3.8) is 0 Å². The van der Waals surface area contributed by atoms with E-state index in [1.165, 1.54) is 0 Å². The van der Waals surface area contributed by atoms with Crippen LogP contribution in [0.2, 0.25) is 0 Å². The summed E-state index contributed by atoms with van der Waals surface area (Å²) in [5, 5.41) is 6.77. The first-order chi connectivity index (χ1) is 15.0. The number of ether oxygens (including phenoxy) is 1. The van der Waals surface area contributed by atoms with Crippen LogP contribution in [0.1, 0.15) is 45.4 Å². The molecule has 1 aliphatic rings. The minimum Gasteiger partial charge on any atom is -0.497 e. The minimum absolute atomic E-state index is 0.0183. The zero-order valence-electron chi connectivity index (χ0n) is 17.9. The van der Waals surface area contributed by atoms with Crippen molar-refractivity contribution in [2.45, 2.75) is 18.8 Å². The van der Waals surface area contributed by atoms with Gasteiger partial charge in [-0.15, -0.1) is 0 Å². The minimum atomic E-state index is -0.233. The van der Waals surface area contributed by atoms with Gasteiger partial charge in [0.1, 0.15) is 23.0 Å². The molecule has 1 atom stereocenters. The lowest BCUT2D eigenvalue weighted by molar-refractivity contribution is 0.0704. The second-order valence-electron chi connectivity index (χ2n) is 7.65. The van der Waals surface area contributed by atoms with Gasteiger partial charge in [0.05, 0.1) is 18.9 Å². The van der Waals surface area contributed by atoms with Crippen molar-refractivity contribution in [2.24, 2.45) is 7.05 Å². The topological polar surface area (TPSA) is 105 Å². The van der Waals surface area contributed by atoms with Gasteiger partial charge in [-0.1, -0.05) is 0 Å². The number of methoxy groups -OCH3 is 1. The molecular formula is C22H26N6O3. The largest absolute Gasteiger partial charge is 0.497 e. The summed E-state index contributed by atoms with van der Waals surface area (Å²) in [6, 6.07) is 7.44. The monoisotopic (exact) mass is 422 g/mol. The standard InChI is InChI=1S/C22H26N6O3/c1-23-21(29)19-18(14-6-8-17(31-3)9-7-14)25-20(26-19)15-5-4-10-28(13-15)22(30)16-11-24-27(2)12-16/h6-9,11-12,15H,4-5,10,13H2,1-3H3,(H,23,29)(H,25,26). The van der Waals surface area contributed by atoms with E-state index in [2.05, 4.69) is 15.4 Å². The van der Waals surface area contributed by atoms with Gasteiger partial charge in [0.25, 0.3) is 11.8 Å². The molecule has 3 heterocycles. The third-order valence-corrected chi connectivity index (χ3v) is 5.59. The van der Waals surface area contributed by atoms with Crippen LogP contribution in [0.3, 0.4) is 0 Å². The van der Waals surface area contributed by atoms with Crippen molar-refractivity contribution in [1.29, 1.82) is 0 Å². The van der Waals surface area contributed by atoms with Gasteiger partial charge in [0.2, 0.25) is 0 Å². The molecule has 3 aromatic rings. The molecule has 1 fully saturated rings. The Bertz CT molecular complexity index is 1090. The summed E-state index contributed by atoms with van der Waals surface area (Å²) in [6.45, 7) is 1.23. The Balaban J connectivity index is 1.61. The number of H-pyrrole nitrogens is 1. The van der Waals surface area contributed by atoms with Crippen LogP contribution in [0.4, 0.5) is 0 Å². The molecule has 2 amide bonds. The number of nitrogens with zero attached hydrogens (tertiary/aromatic N) is 4. The molecule has 9 nitrogen and oxygen atoms in total. The van der Waals surface area contributed by atoms with Crippen molar-refractivity contribution in [2.75, 3.05) is 27.2 Å². The maximum Gasteiger partial charge on any atom is 0.269 e. The maximum atomic E-state index is 12.9. The molecule has 9 heteroatoms. The molecule has 1 aromatic carbocycles. The summed E-state index contributed by atoms with van der Waals surface area (Å²) in [5.74, 6) is 1.20. The van der Waals surface area contributed by atoms with E-state index < -0.39 is 0 Å². The fraction of sp³-hybridized carbons (Fsp3) is 0.364.